The van der Waals surface area contributed by atoms with Crippen molar-refractivity contribution in [1.82, 2.24) is 14.9 Å². The van der Waals surface area contributed by atoms with Crippen LogP contribution in [0, 0.1) is 12.7 Å². The molecule has 0 atom stereocenters. The van der Waals surface area contributed by atoms with Gasteiger partial charge in [0.1, 0.15) is 11.5 Å². The van der Waals surface area contributed by atoms with Gasteiger partial charge in [0, 0.05) is 6.42 Å². The van der Waals surface area contributed by atoms with Gasteiger partial charge in [0.2, 0.25) is 11.1 Å². The maximum atomic E-state index is 13.6. The monoisotopic (exact) mass is 399 g/mol. The molecule has 0 aliphatic rings. The summed E-state index contributed by atoms with van der Waals surface area (Å²) in [5, 5.41) is 10.5. The number of benzene rings is 2. The second-order valence-electron chi connectivity index (χ2n) is 6.08. The fourth-order valence-corrected chi connectivity index (χ4v) is 3.06. The van der Waals surface area contributed by atoms with Crippen LogP contribution in [0.25, 0.3) is 0 Å². The first-order valence-electron chi connectivity index (χ1n) is 8.40. The number of carbonyl (C=O) groups excluding carboxylic acids is 1. The lowest BCUT2D eigenvalue weighted by atomic mass is 10.1. The van der Waals surface area contributed by atoms with E-state index in [0.29, 0.717) is 6.42 Å². The topological polar surface area (TPSA) is 103 Å². The van der Waals surface area contributed by atoms with Gasteiger partial charge in [-0.15, -0.1) is 10.2 Å². The number of hydrogen-bond donors (Lipinski definition) is 2. The summed E-state index contributed by atoms with van der Waals surface area (Å²) in [5.74, 6) is 4.73. The highest BCUT2D eigenvalue weighted by molar-refractivity contribution is 7.99. The molecule has 3 N–H and O–H groups in total. The first-order valence-corrected chi connectivity index (χ1v) is 9.39. The lowest BCUT2D eigenvalue weighted by Gasteiger charge is -2.08. The average Bonchev–Trinajstić information content (AvgIpc) is 2.68. The van der Waals surface area contributed by atoms with Crippen LogP contribution in [0.4, 0.5) is 10.1 Å². The Labute approximate surface area is 164 Å². The fourth-order valence-electron chi connectivity index (χ4n) is 2.41. The summed E-state index contributed by atoms with van der Waals surface area (Å²) in [6, 6.07) is 13.6. The summed E-state index contributed by atoms with van der Waals surface area (Å²) < 4.78 is 14.4. The Morgan fingerprint density at radius 3 is 2.61 bits per heavy atom. The Kier molecular flexibility index (Phi) is 6.05. The van der Waals surface area contributed by atoms with Crippen molar-refractivity contribution < 1.29 is 9.18 Å². The molecule has 28 heavy (non-hydrogen) atoms. The number of para-hydroxylation sites is 1. The average molecular weight is 399 g/mol. The first kappa shape index (κ1) is 19.6. The van der Waals surface area contributed by atoms with Gasteiger partial charge in [-0.1, -0.05) is 53.7 Å². The third-order valence-corrected chi connectivity index (χ3v) is 4.84. The van der Waals surface area contributed by atoms with Crippen LogP contribution in [0.2, 0.25) is 0 Å². The minimum atomic E-state index is -0.531. The third kappa shape index (κ3) is 4.74. The predicted molar refractivity (Wildman–Crippen MR) is 106 cm³/mol. The molecule has 0 radical (unpaired) electrons. The summed E-state index contributed by atoms with van der Waals surface area (Å²) in [4.78, 5) is 24.4. The highest BCUT2D eigenvalue weighted by Gasteiger charge is 2.14. The standard InChI is InChI=1S/C19H18FN5O2S/c1-12-6-8-13(9-7-12)10-16-18(27)25(21)19(24-23-16)28-11-17(26)22-15-5-3-2-4-14(15)20/h2-9H,10-11,21H2,1H3,(H,22,26). The molecule has 144 valence electrons. The summed E-state index contributed by atoms with van der Waals surface area (Å²) in [5.41, 5.74) is 1.85. The van der Waals surface area contributed by atoms with E-state index in [4.69, 9.17) is 5.84 Å². The number of rotatable bonds is 6. The first-order chi connectivity index (χ1) is 13.4. The molecule has 0 bridgehead atoms. The normalized spacial score (nSPS) is 10.6. The SMILES string of the molecule is Cc1ccc(Cc2nnc(SCC(=O)Nc3ccccc3F)n(N)c2=O)cc1. The molecular formula is C19H18FN5O2S. The van der Waals surface area contributed by atoms with Gasteiger partial charge < -0.3 is 11.2 Å². The van der Waals surface area contributed by atoms with Crippen molar-refractivity contribution in [3.63, 3.8) is 0 Å². The molecule has 7 nitrogen and oxygen atoms in total. The van der Waals surface area contributed by atoms with E-state index in [1.807, 2.05) is 31.2 Å². The molecule has 2 aromatic carbocycles. The molecule has 0 fully saturated rings. The van der Waals surface area contributed by atoms with Gasteiger partial charge in [-0.2, -0.15) is 4.68 Å². The van der Waals surface area contributed by atoms with Gasteiger partial charge in [-0.25, -0.2) is 4.39 Å². The van der Waals surface area contributed by atoms with Crippen LogP contribution in [0.1, 0.15) is 16.8 Å². The zero-order chi connectivity index (χ0) is 20.1. The summed E-state index contributed by atoms with van der Waals surface area (Å²) in [6.45, 7) is 1.98. The second-order valence-corrected chi connectivity index (χ2v) is 7.03. The summed E-state index contributed by atoms with van der Waals surface area (Å²) in [6.07, 6.45) is 0.308. The maximum absolute atomic E-state index is 13.6. The molecule has 0 saturated heterocycles. The van der Waals surface area contributed by atoms with Crippen LogP contribution in [0.3, 0.4) is 0 Å². The zero-order valence-corrected chi connectivity index (χ0v) is 15.9. The molecule has 1 aromatic heterocycles. The number of thioether (sulfide) groups is 1. The van der Waals surface area contributed by atoms with Crippen molar-refractivity contribution >= 4 is 23.4 Å². The lowest BCUT2D eigenvalue weighted by Crippen LogP contribution is -2.34. The molecule has 0 spiro atoms. The van der Waals surface area contributed by atoms with Gasteiger partial charge in [-0.3, -0.25) is 9.59 Å². The van der Waals surface area contributed by atoms with Crippen LogP contribution in [0.5, 0.6) is 0 Å². The predicted octanol–water partition coefficient (Wildman–Crippen LogP) is 2.12. The quantitative estimate of drug-likeness (QED) is 0.486. The number of aromatic nitrogens is 3. The lowest BCUT2D eigenvalue weighted by molar-refractivity contribution is -0.113. The number of aryl methyl sites for hydroxylation is 1. The number of nitrogens with one attached hydrogen (secondary N) is 1. The van der Waals surface area contributed by atoms with Gasteiger partial charge >= 0.3 is 0 Å². The fraction of sp³-hybridized carbons (Fsp3) is 0.158. The Hall–Kier alpha value is -3.20. The molecule has 0 aliphatic heterocycles. The highest BCUT2D eigenvalue weighted by Crippen LogP contribution is 2.15. The summed E-state index contributed by atoms with van der Waals surface area (Å²) in [7, 11) is 0. The smallest absolute Gasteiger partial charge is 0.294 e. The van der Waals surface area contributed by atoms with Crippen molar-refractivity contribution in [2.24, 2.45) is 0 Å². The van der Waals surface area contributed by atoms with Crippen LogP contribution in [0.15, 0.2) is 58.5 Å². The van der Waals surface area contributed by atoms with E-state index in [0.717, 1.165) is 27.6 Å². The number of nitrogen functional groups attached to an aromatic ring is 1. The van der Waals surface area contributed by atoms with Gasteiger partial charge in [-0.05, 0) is 24.6 Å². The molecule has 0 unspecified atom stereocenters. The number of amides is 1. The van der Waals surface area contributed by atoms with Crippen LogP contribution in [-0.2, 0) is 11.2 Å². The number of hydrogen-bond acceptors (Lipinski definition) is 6. The Bertz CT molecular complexity index is 1050. The van der Waals surface area contributed by atoms with Gasteiger partial charge in [0.05, 0.1) is 11.4 Å². The van der Waals surface area contributed by atoms with Crippen LogP contribution < -0.4 is 16.7 Å². The molecule has 9 heteroatoms. The number of anilines is 1. The number of carbonyl (C=O) groups is 1. The Morgan fingerprint density at radius 1 is 1.18 bits per heavy atom. The molecular weight excluding hydrogens is 381 g/mol. The minimum Gasteiger partial charge on any atom is -0.334 e. The van der Waals surface area contributed by atoms with Gasteiger partial charge in [0.25, 0.3) is 5.56 Å². The molecule has 3 rings (SSSR count). The van der Waals surface area contributed by atoms with E-state index in [9.17, 15) is 14.0 Å². The Morgan fingerprint density at radius 2 is 1.89 bits per heavy atom. The second kappa shape index (κ2) is 8.66. The van der Waals surface area contributed by atoms with Crippen molar-refractivity contribution in [2.75, 3.05) is 16.9 Å². The molecule has 0 saturated carbocycles. The van der Waals surface area contributed by atoms with Crippen molar-refractivity contribution in [3.8, 4) is 0 Å². The van der Waals surface area contributed by atoms with E-state index < -0.39 is 17.3 Å². The van der Waals surface area contributed by atoms with Crippen molar-refractivity contribution in [2.45, 2.75) is 18.5 Å². The zero-order valence-electron chi connectivity index (χ0n) is 15.1. The molecule has 3 aromatic rings. The Balaban J connectivity index is 1.65. The highest BCUT2D eigenvalue weighted by atomic mass is 32.2. The maximum Gasteiger partial charge on any atom is 0.294 e. The van der Waals surface area contributed by atoms with E-state index >= 15 is 0 Å². The number of halogens is 1. The molecule has 1 amide bonds. The van der Waals surface area contributed by atoms with E-state index in [-0.39, 0.29) is 22.3 Å². The molecule has 1 heterocycles. The third-order valence-electron chi connectivity index (χ3n) is 3.90. The van der Waals surface area contributed by atoms with Crippen LogP contribution in [-0.4, -0.2) is 26.5 Å². The number of nitrogens with two attached hydrogens (primary N) is 1. The van der Waals surface area contributed by atoms with Gasteiger partial charge in [0.15, 0.2) is 0 Å². The largest absolute Gasteiger partial charge is 0.334 e. The number of nitrogens with zero attached hydrogens (tertiary/aromatic N) is 3. The van der Waals surface area contributed by atoms with E-state index in [2.05, 4.69) is 15.5 Å². The molecule has 0 aliphatic carbocycles. The summed E-state index contributed by atoms with van der Waals surface area (Å²) >= 11 is 0.941. The minimum absolute atomic E-state index is 0.0813. The van der Waals surface area contributed by atoms with E-state index in [1.54, 1.807) is 6.07 Å². The van der Waals surface area contributed by atoms with Crippen LogP contribution >= 0.6 is 11.8 Å². The van der Waals surface area contributed by atoms with E-state index in [1.165, 1.54) is 18.2 Å². The van der Waals surface area contributed by atoms with Crippen molar-refractivity contribution in [1.29, 1.82) is 0 Å². The van der Waals surface area contributed by atoms with Crippen molar-refractivity contribution in [3.05, 3.63) is 81.5 Å².